The number of amides is 1. The summed E-state index contributed by atoms with van der Waals surface area (Å²) in [5.41, 5.74) is 0.661. The molecular weight excluding hydrogens is 380 g/mol. The number of para-hydroxylation sites is 1. The second kappa shape index (κ2) is 6.36. The highest BCUT2D eigenvalue weighted by Crippen LogP contribution is 2.35. The maximum Gasteiger partial charge on any atom is 0.278 e. The Morgan fingerprint density at radius 3 is 2.79 bits per heavy atom. The lowest BCUT2D eigenvalue weighted by Crippen LogP contribution is -2.25. The summed E-state index contributed by atoms with van der Waals surface area (Å²) in [5, 5.41) is 16.5. The maximum atomic E-state index is 11.9. The third-order valence-electron chi connectivity index (χ3n) is 3.32. The molecule has 24 heavy (non-hydrogen) atoms. The number of nitro benzene ring substituents is 1. The Labute approximate surface area is 145 Å². The lowest BCUT2D eigenvalue weighted by molar-refractivity contribution is -0.386. The fraction of sp³-hybridized carbons (Fsp3) is 0.133. The zero-order valence-corrected chi connectivity index (χ0v) is 14.0. The molecule has 1 atom stereocenters. The highest BCUT2D eigenvalue weighted by atomic mass is 79.9. The number of halogens is 1. The van der Waals surface area contributed by atoms with Gasteiger partial charge in [0.1, 0.15) is 0 Å². The van der Waals surface area contributed by atoms with Crippen LogP contribution in [0.15, 0.2) is 52.3 Å². The Bertz CT molecular complexity index is 855. The smallest absolute Gasteiger partial charge is 0.278 e. The Morgan fingerprint density at radius 2 is 2.12 bits per heavy atom. The largest absolute Gasteiger partial charge is 0.445 e. The van der Waals surface area contributed by atoms with Gasteiger partial charge < -0.3 is 4.74 Å². The Hall–Kier alpha value is -2.81. The lowest BCUT2D eigenvalue weighted by Gasteiger charge is -2.19. The van der Waals surface area contributed by atoms with Crippen LogP contribution < -0.4 is 0 Å². The summed E-state index contributed by atoms with van der Waals surface area (Å²) < 4.78 is 6.46. The number of nitrogens with zero attached hydrogens (tertiary/aromatic N) is 4. The van der Waals surface area contributed by atoms with Gasteiger partial charge in [-0.3, -0.25) is 19.9 Å². The molecule has 1 aliphatic heterocycles. The van der Waals surface area contributed by atoms with Crippen LogP contribution in [0.5, 0.6) is 0 Å². The van der Waals surface area contributed by atoms with E-state index in [-0.39, 0.29) is 17.1 Å². The van der Waals surface area contributed by atoms with E-state index < -0.39 is 17.1 Å². The molecule has 0 saturated heterocycles. The molecule has 0 N–H and O–H groups in total. The lowest BCUT2D eigenvalue weighted by atomic mass is 10.1. The molecule has 0 fully saturated rings. The van der Waals surface area contributed by atoms with Crippen LogP contribution in [0.4, 0.5) is 5.69 Å². The van der Waals surface area contributed by atoms with E-state index in [1.165, 1.54) is 25.3 Å². The molecule has 2 heterocycles. The number of hydrazone groups is 1. The minimum atomic E-state index is -1.00. The molecule has 8 nitrogen and oxygen atoms in total. The molecule has 0 radical (unpaired) electrons. The van der Waals surface area contributed by atoms with E-state index in [4.69, 9.17) is 4.74 Å². The van der Waals surface area contributed by atoms with E-state index in [1.54, 1.807) is 24.4 Å². The fourth-order valence-corrected chi connectivity index (χ4v) is 2.64. The molecule has 3 rings (SSSR count). The molecule has 0 bridgehead atoms. The molecule has 0 unspecified atom stereocenters. The second-order valence-electron chi connectivity index (χ2n) is 4.95. The molecule has 0 aliphatic carbocycles. The number of pyridine rings is 1. The molecule has 1 amide bonds. The van der Waals surface area contributed by atoms with E-state index >= 15 is 0 Å². The van der Waals surface area contributed by atoms with E-state index in [0.29, 0.717) is 5.56 Å². The van der Waals surface area contributed by atoms with Crippen molar-refractivity contribution in [1.29, 1.82) is 0 Å². The summed E-state index contributed by atoms with van der Waals surface area (Å²) in [6, 6.07) is 7.81. The minimum absolute atomic E-state index is 0.141. The fourth-order valence-electron chi connectivity index (χ4n) is 2.28. The van der Waals surface area contributed by atoms with Crippen LogP contribution in [0.1, 0.15) is 24.3 Å². The third kappa shape index (κ3) is 2.98. The molecule has 0 spiro atoms. The van der Waals surface area contributed by atoms with Crippen molar-refractivity contribution in [3.05, 3.63) is 68.4 Å². The molecule has 0 saturated carbocycles. The van der Waals surface area contributed by atoms with Gasteiger partial charge in [0, 0.05) is 29.9 Å². The maximum absolute atomic E-state index is 11.9. The number of rotatable bonds is 3. The Balaban J connectivity index is 2.02. The van der Waals surface area contributed by atoms with Gasteiger partial charge in [-0.05, 0) is 28.1 Å². The van der Waals surface area contributed by atoms with Gasteiger partial charge in [-0.25, -0.2) is 0 Å². The number of ether oxygens (including phenoxy) is 1. The molecule has 1 aromatic heterocycles. The number of carbonyl (C=O) groups is 1. The summed E-state index contributed by atoms with van der Waals surface area (Å²) in [6.45, 7) is 1.32. The Morgan fingerprint density at radius 1 is 1.38 bits per heavy atom. The quantitative estimate of drug-likeness (QED) is 0.592. The van der Waals surface area contributed by atoms with Gasteiger partial charge >= 0.3 is 0 Å². The van der Waals surface area contributed by atoms with Crippen molar-refractivity contribution >= 4 is 33.4 Å². The van der Waals surface area contributed by atoms with Crippen LogP contribution in [0, 0.1) is 10.1 Å². The average molecular weight is 391 g/mol. The summed E-state index contributed by atoms with van der Waals surface area (Å²) in [7, 11) is 0. The third-order valence-corrected chi connectivity index (χ3v) is 3.75. The number of carbonyl (C=O) groups excluding carboxylic acids is 1. The van der Waals surface area contributed by atoms with E-state index in [2.05, 4.69) is 26.0 Å². The van der Waals surface area contributed by atoms with Crippen LogP contribution in [-0.2, 0) is 9.53 Å². The average Bonchev–Trinajstić information content (AvgIpc) is 3.00. The predicted molar refractivity (Wildman–Crippen MR) is 87.9 cm³/mol. The van der Waals surface area contributed by atoms with Gasteiger partial charge in [0.2, 0.25) is 18.0 Å². The number of nitro groups is 1. The van der Waals surface area contributed by atoms with Crippen molar-refractivity contribution in [2.45, 2.75) is 13.2 Å². The normalized spacial score (nSPS) is 16.5. The zero-order chi connectivity index (χ0) is 17.3. The van der Waals surface area contributed by atoms with Crippen LogP contribution in [-0.4, -0.2) is 26.7 Å². The molecule has 2 aromatic rings. The zero-order valence-electron chi connectivity index (χ0n) is 12.4. The van der Waals surface area contributed by atoms with Crippen LogP contribution in [0.3, 0.4) is 0 Å². The van der Waals surface area contributed by atoms with Gasteiger partial charge in [-0.1, -0.05) is 12.1 Å². The van der Waals surface area contributed by atoms with Gasteiger partial charge in [-0.15, -0.1) is 5.10 Å². The standard InChI is InChI=1S/C15H11BrN4O4/c1-9(21)19-15(12-4-2-3-5-13(12)20(22)23)24-14(18-19)10-6-11(16)8-17-7-10/h2-8,15H,1H3/t15-/m1/s1. The summed E-state index contributed by atoms with van der Waals surface area (Å²) in [5.74, 6) is -0.224. The number of aromatic nitrogens is 1. The summed E-state index contributed by atoms with van der Waals surface area (Å²) in [6.07, 6.45) is 2.13. The van der Waals surface area contributed by atoms with Gasteiger partial charge in [-0.2, -0.15) is 5.01 Å². The van der Waals surface area contributed by atoms with Gasteiger partial charge in [0.05, 0.1) is 16.1 Å². The minimum Gasteiger partial charge on any atom is -0.445 e. The molecule has 9 heteroatoms. The Kier molecular flexibility index (Phi) is 4.26. The number of hydrogen-bond donors (Lipinski definition) is 0. The molecule has 122 valence electrons. The van der Waals surface area contributed by atoms with Gasteiger partial charge in [0.15, 0.2) is 0 Å². The molecule has 1 aliphatic rings. The first-order chi connectivity index (χ1) is 11.5. The van der Waals surface area contributed by atoms with Crippen molar-refractivity contribution in [3.63, 3.8) is 0 Å². The molecule has 1 aromatic carbocycles. The second-order valence-corrected chi connectivity index (χ2v) is 5.86. The van der Waals surface area contributed by atoms with Gasteiger partial charge in [0.25, 0.3) is 5.69 Å². The van der Waals surface area contributed by atoms with Crippen LogP contribution in [0.25, 0.3) is 0 Å². The summed E-state index contributed by atoms with van der Waals surface area (Å²) in [4.78, 5) is 26.6. The first kappa shape index (κ1) is 16.1. The molecular formula is C15H11BrN4O4. The summed E-state index contributed by atoms with van der Waals surface area (Å²) >= 11 is 3.30. The van der Waals surface area contributed by atoms with Crippen LogP contribution >= 0.6 is 15.9 Å². The highest BCUT2D eigenvalue weighted by Gasteiger charge is 2.37. The highest BCUT2D eigenvalue weighted by molar-refractivity contribution is 9.10. The van der Waals surface area contributed by atoms with Crippen molar-refractivity contribution in [2.75, 3.05) is 0 Å². The first-order valence-corrected chi connectivity index (χ1v) is 7.66. The van der Waals surface area contributed by atoms with E-state index in [9.17, 15) is 14.9 Å². The SMILES string of the molecule is CC(=O)N1N=C(c2cncc(Br)c2)O[C@@H]1c1ccccc1[N+](=O)[O-]. The van der Waals surface area contributed by atoms with Crippen LogP contribution in [0.2, 0.25) is 0 Å². The van der Waals surface area contributed by atoms with Crippen molar-refractivity contribution in [1.82, 2.24) is 9.99 Å². The topological polar surface area (TPSA) is 97.9 Å². The van der Waals surface area contributed by atoms with Crippen molar-refractivity contribution in [2.24, 2.45) is 5.10 Å². The van der Waals surface area contributed by atoms with Crippen molar-refractivity contribution in [3.8, 4) is 0 Å². The van der Waals surface area contributed by atoms with E-state index in [1.807, 2.05) is 0 Å². The number of hydrogen-bond acceptors (Lipinski definition) is 6. The monoisotopic (exact) mass is 390 g/mol. The predicted octanol–water partition coefficient (Wildman–Crippen LogP) is 2.99. The first-order valence-electron chi connectivity index (χ1n) is 6.86. The van der Waals surface area contributed by atoms with Crippen molar-refractivity contribution < 1.29 is 14.5 Å². The van der Waals surface area contributed by atoms with E-state index in [0.717, 1.165) is 9.48 Å². The number of benzene rings is 1.